The second-order valence-electron chi connectivity index (χ2n) is 7.79. The van der Waals surface area contributed by atoms with Crippen LogP contribution in [0.5, 0.6) is 0 Å². The SMILES string of the molecule is CC(C)Cc1ccc(C(Cc2ccccc2)C(=O)NCc2ccccc2)cc1. The number of carbonyl (C=O) groups is 1. The van der Waals surface area contributed by atoms with Crippen molar-refractivity contribution in [3.63, 3.8) is 0 Å². The van der Waals surface area contributed by atoms with Crippen LogP contribution in [0, 0.1) is 5.92 Å². The molecule has 0 saturated carbocycles. The molecule has 0 radical (unpaired) electrons. The van der Waals surface area contributed by atoms with Crippen molar-refractivity contribution in [1.82, 2.24) is 5.32 Å². The van der Waals surface area contributed by atoms with Gasteiger partial charge < -0.3 is 5.32 Å². The van der Waals surface area contributed by atoms with Crippen LogP contribution >= 0.6 is 0 Å². The lowest BCUT2D eigenvalue weighted by atomic mass is 9.89. The molecule has 3 aromatic carbocycles. The van der Waals surface area contributed by atoms with Gasteiger partial charge in [-0.3, -0.25) is 4.79 Å². The fourth-order valence-corrected chi connectivity index (χ4v) is 3.48. The zero-order valence-electron chi connectivity index (χ0n) is 16.8. The van der Waals surface area contributed by atoms with Crippen LogP contribution in [0.15, 0.2) is 84.9 Å². The molecule has 0 bridgehead atoms. The highest BCUT2D eigenvalue weighted by Crippen LogP contribution is 2.23. The van der Waals surface area contributed by atoms with E-state index in [9.17, 15) is 4.79 Å². The second kappa shape index (κ2) is 9.89. The summed E-state index contributed by atoms with van der Waals surface area (Å²) in [6.45, 7) is 5.00. The van der Waals surface area contributed by atoms with E-state index in [1.807, 2.05) is 48.5 Å². The molecule has 28 heavy (non-hydrogen) atoms. The maximum atomic E-state index is 13.1. The molecule has 0 spiro atoms. The van der Waals surface area contributed by atoms with Gasteiger partial charge in [-0.15, -0.1) is 0 Å². The molecule has 2 heteroatoms. The van der Waals surface area contributed by atoms with Crippen LogP contribution in [0.1, 0.15) is 42.0 Å². The fourth-order valence-electron chi connectivity index (χ4n) is 3.48. The van der Waals surface area contributed by atoms with Crippen LogP contribution in [0.3, 0.4) is 0 Å². The summed E-state index contributed by atoms with van der Waals surface area (Å²) in [7, 11) is 0. The molecule has 0 fully saturated rings. The van der Waals surface area contributed by atoms with Gasteiger partial charge in [0.15, 0.2) is 0 Å². The van der Waals surface area contributed by atoms with E-state index in [0.29, 0.717) is 18.9 Å². The minimum Gasteiger partial charge on any atom is -0.351 e. The van der Waals surface area contributed by atoms with Crippen molar-refractivity contribution in [2.24, 2.45) is 5.92 Å². The van der Waals surface area contributed by atoms with E-state index >= 15 is 0 Å². The molecule has 1 N–H and O–H groups in total. The maximum absolute atomic E-state index is 13.1. The first-order valence-corrected chi connectivity index (χ1v) is 10.1. The van der Waals surface area contributed by atoms with Gasteiger partial charge in [-0.05, 0) is 41.0 Å². The van der Waals surface area contributed by atoms with Crippen LogP contribution in [0.25, 0.3) is 0 Å². The third kappa shape index (κ3) is 5.82. The predicted molar refractivity (Wildman–Crippen MR) is 116 cm³/mol. The first-order valence-electron chi connectivity index (χ1n) is 10.1. The topological polar surface area (TPSA) is 29.1 Å². The van der Waals surface area contributed by atoms with Gasteiger partial charge in [0.05, 0.1) is 5.92 Å². The number of benzene rings is 3. The van der Waals surface area contributed by atoms with E-state index in [0.717, 1.165) is 17.5 Å². The summed E-state index contributed by atoms with van der Waals surface area (Å²) in [6, 6.07) is 28.9. The molecule has 0 aliphatic heterocycles. The highest BCUT2D eigenvalue weighted by atomic mass is 16.1. The van der Waals surface area contributed by atoms with Gasteiger partial charge in [0.2, 0.25) is 5.91 Å². The molecular formula is C26H29NO. The first kappa shape index (κ1) is 19.9. The summed E-state index contributed by atoms with van der Waals surface area (Å²) in [6.07, 6.45) is 1.76. The van der Waals surface area contributed by atoms with Crippen molar-refractivity contribution in [3.8, 4) is 0 Å². The normalized spacial score (nSPS) is 12.0. The van der Waals surface area contributed by atoms with Crippen molar-refractivity contribution in [1.29, 1.82) is 0 Å². The van der Waals surface area contributed by atoms with E-state index in [1.54, 1.807) is 0 Å². The monoisotopic (exact) mass is 371 g/mol. The Morgan fingerprint density at radius 3 is 1.82 bits per heavy atom. The average molecular weight is 372 g/mol. The quantitative estimate of drug-likeness (QED) is 0.554. The average Bonchev–Trinajstić information content (AvgIpc) is 2.72. The first-order chi connectivity index (χ1) is 13.6. The zero-order chi connectivity index (χ0) is 19.8. The lowest BCUT2D eigenvalue weighted by Gasteiger charge is -2.18. The maximum Gasteiger partial charge on any atom is 0.228 e. The van der Waals surface area contributed by atoms with Crippen molar-refractivity contribution in [2.75, 3.05) is 0 Å². The van der Waals surface area contributed by atoms with Gasteiger partial charge in [0.25, 0.3) is 0 Å². The molecule has 0 aliphatic rings. The Labute approximate surface area is 168 Å². The molecule has 1 unspecified atom stereocenters. The second-order valence-corrected chi connectivity index (χ2v) is 7.79. The summed E-state index contributed by atoms with van der Waals surface area (Å²) in [5.74, 6) is 0.503. The number of carbonyl (C=O) groups excluding carboxylic acids is 1. The molecule has 0 aromatic heterocycles. The van der Waals surface area contributed by atoms with Crippen LogP contribution in [-0.2, 0) is 24.2 Å². The lowest BCUT2D eigenvalue weighted by Crippen LogP contribution is -2.30. The molecule has 3 aromatic rings. The molecule has 1 atom stereocenters. The van der Waals surface area contributed by atoms with E-state index in [1.165, 1.54) is 11.1 Å². The number of hydrogen-bond acceptors (Lipinski definition) is 1. The Morgan fingerprint density at radius 2 is 1.25 bits per heavy atom. The number of amides is 1. The fraction of sp³-hybridized carbons (Fsp3) is 0.269. The van der Waals surface area contributed by atoms with Gasteiger partial charge in [-0.25, -0.2) is 0 Å². The van der Waals surface area contributed by atoms with Gasteiger partial charge in [-0.2, -0.15) is 0 Å². The summed E-state index contributed by atoms with van der Waals surface area (Å²) >= 11 is 0. The Morgan fingerprint density at radius 1 is 0.714 bits per heavy atom. The van der Waals surface area contributed by atoms with Crippen molar-refractivity contribution in [2.45, 2.75) is 39.2 Å². The van der Waals surface area contributed by atoms with Gasteiger partial charge in [-0.1, -0.05) is 98.8 Å². The minimum absolute atomic E-state index is 0.0734. The number of nitrogens with one attached hydrogen (secondary N) is 1. The van der Waals surface area contributed by atoms with E-state index in [4.69, 9.17) is 0 Å². The highest BCUT2D eigenvalue weighted by molar-refractivity contribution is 5.84. The molecule has 3 rings (SSSR count). The predicted octanol–water partition coefficient (Wildman–Crippen LogP) is 5.53. The summed E-state index contributed by atoms with van der Waals surface area (Å²) in [5.41, 5.74) is 4.68. The molecule has 0 heterocycles. The van der Waals surface area contributed by atoms with Crippen LogP contribution in [0.4, 0.5) is 0 Å². The summed E-state index contributed by atoms with van der Waals surface area (Å²) in [5, 5.41) is 3.13. The molecule has 0 aliphatic carbocycles. The molecule has 0 saturated heterocycles. The molecule has 144 valence electrons. The molecular weight excluding hydrogens is 342 g/mol. The van der Waals surface area contributed by atoms with Crippen molar-refractivity contribution in [3.05, 3.63) is 107 Å². The standard InChI is InChI=1S/C26H29NO/c1-20(2)17-22-13-15-24(16-14-22)25(18-21-9-5-3-6-10-21)26(28)27-19-23-11-7-4-8-12-23/h3-16,20,25H,17-19H2,1-2H3,(H,27,28). The molecule has 1 amide bonds. The van der Waals surface area contributed by atoms with Gasteiger partial charge in [0.1, 0.15) is 0 Å². The smallest absolute Gasteiger partial charge is 0.228 e. The molecule has 2 nitrogen and oxygen atoms in total. The number of hydrogen-bond donors (Lipinski definition) is 1. The Hall–Kier alpha value is -2.87. The van der Waals surface area contributed by atoms with Crippen molar-refractivity contribution >= 4 is 5.91 Å². The van der Waals surface area contributed by atoms with Crippen LogP contribution < -0.4 is 5.32 Å². The largest absolute Gasteiger partial charge is 0.351 e. The van der Waals surface area contributed by atoms with E-state index in [2.05, 4.69) is 55.6 Å². The van der Waals surface area contributed by atoms with Crippen molar-refractivity contribution < 1.29 is 4.79 Å². The zero-order valence-corrected chi connectivity index (χ0v) is 16.8. The minimum atomic E-state index is -0.195. The van der Waals surface area contributed by atoms with E-state index in [-0.39, 0.29) is 11.8 Å². The summed E-state index contributed by atoms with van der Waals surface area (Å²) in [4.78, 5) is 13.1. The highest BCUT2D eigenvalue weighted by Gasteiger charge is 2.21. The van der Waals surface area contributed by atoms with Gasteiger partial charge >= 0.3 is 0 Å². The van der Waals surface area contributed by atoms with E-state index < -0.39 is 0 Å². The lowest BCUT2D eigenvalue weighted by molar-refractivity contribution is -0.122. The van der Waals surface area contributed by atoms with Crippen LogP contribution in [-0.4, -0.2) is 5.91 Å². The van der Waals surface area contributed by atoms with Crippen LogP contribution in [0.2, 0.25) is 0 Å². The Kier molecular flexibility index (Phi) is 7.02. The van der Waals surface area contributed by atoms with Gasteiger partial charge in [0, 0.05) is 6.54 Å². The summed E-state index contributed by atoms with van der Waals surface area (Å²) < 4.78 is 0. The third-order valence-electron chi connectivity index (χ3n) is 4.93. The Balaban J connectivity index is 1.77. The number of rotatable bonds is 8. The third-order valence-corrected chi connectivity index (χ3v) is 4.93. The Bertz CT molecular complexity index is 854.